The third kappa shape index (κ3) is 1.62. The maximum atomic E-state index is 3.49. The van der Waals surface area contributed by atoms with Crippen LogP contribution in [0.3, 0.4) is 0 Å². The fourth-order valence-electron chi connectivity index (χ4n) is 2.02. The normalized spacial score (nSPS) is 20.4. The second-order valence-corrected chi connectivity index (χ2v) is 4.20. The maximum absolute atomic E-state index is 3.49. The molecule has 2 rings (SSSR count). The quantitative estimate of drug-likeness (QED) is 0.728. The molecule has 2 heteroatoms. The molecular weight excluding hydrogens is 172 g/mol. The van der Waals surface area contributed by atoms with Gasteiger partial charge in [-0.15, -0.1) is 0 Å². The summed E-state index contributed by atoms with van der Waals surface area (Å²) in [6, 6.07) is 7.27. The highest BCUT2D eigenvalue weighted by molar-refractivity contribution is 5.51. The fourth-order valence-corrected chi connectivity index (χ4v) is 2.02. The molecule has 0 amide bonds. The lowest BCUT2D eigenvalue weighted by molar-refractivity contribution is 0.541. The van der Waals surface area contributed by atoms with Gasteiger partial charge in [-0.1, -0.05) is 6.07 Å². The van der Waals surface area contributed by atoms with Crippen molar-refractivity contribution in [3.63, 3.8) is 0 Å². The summed E-state index contributed by atoms with van der Waals surface area (Å²) in [6.07, 6.45) is 1.16. The first kappa shape index (κ1) is 9.53. The zero-order chi connectivity index (χ0) is 10.1. The standard InChI is InChI=1S/C12H18N2/c1-9-12-8-11(14(2)3)5-4-10(12)6-7-13-9/h4-5,8-9,13H,6-7H2,1-3H3. The van der Waals surface area contributed by atoms with Gasteiger partial charge in [0.1, 0.15) is 0 Å². The zero-order valence-corrected chi connectivity index (χ0v) is 9.17. The van der Waals surface area contributed by atoms with Crippen molar-refractivity contribution in [2.45, 2.75) is 19.4 Å². The van der Waals surface area contributed by atoms with Gasteiger partial charge in [-0.05, 0) is 43.1 Å². The molecule has 0 aliphatic carbocycles. The topological polar surface area (TPSA) is 15.3 Å². The van der Waals surface area contributed by atoms with E-state index in [1.807, 2.05) is 0 Å². The van der Waals surface area contributed by atoms with Crippen molar-refractivity contribution in [3.05, 3.63) is 29.3 Å². The third-order valence-electron chi connectivity index (χ3n) is 2.96. The Morgan fingerprint density at radius 2 is 2.14 bits per heavy atom. The van der Waals surface area contributed by atoms with E-state index < -0.39 is 0 Å². The molecular formula is C12H18N2. The third-order valence-corrected chi connectivity index (χ3v) is 2.96. The number of hydrogen-bond donors (Lipinski definition) is 1. The van der Waals surface area contributed by atoms with Gasteiger partial charge in [0.2, 0.25) is 0 Å². The van der Waals surface area contributed by atoms with Crippen molar-refractivity contribution < 1.29 is 0 Å². The molecule has 76 valence electrons. The van der Waals surface area contributed by atoms with Crippen molar-refractivity contribution in [1.29, 1.82) is 0 Å². The lowest BCUT2D eigenvalue weighted by atomic mass is 9.95. The fraction of sp³-hybridized carbons (Fsp3) is 0.500. The molecule has 0 radical (unpaired) electrons. The Balaban J connectivity index is 2.41. The van der Waals surface area contributed by atoms with Crippen LogP contribution in [-0.4, -0.2) is 20.6 Å². The van der Waals surface area contributed by atoms with Crippen LogP contribution in [0.15, 0.2) is 18.2 Å². The minimum Gasteiger partial charge on any atom is -0.378 e. The average molecular weight is 190 g/mol. The van der Waals surface area contributed by atoms with E-state index in [0.717, 1.165) is 13.0 Å². The average Bonchev–Trinajstić information content (AvgIpc) is 2.18. The second-order valence-electron chi connectivity index (χ2n) is 4.20. The molecule has 0 saturated carbocycles. The first-order valence-corrected chi connectivity index (χ1v) is 5.22. The Hall–Kier alpha value is -1.02. The van der Waals surface area contributed by atoms with Gasteiger partial charge in [0.05, 0.1) is 0 Å². The van der Waals surface area contributed by atoms with Crippen LogP contribution in [-0.2, 0) is 6.42 Å². The predicted molar refractivity (Wildman–Crippen MR) is 60.9 cm³/mol. The van der Waals surface area contributed by atoms with Gasteiger partial charge in [-0.3, -0.25) is 0 Å². The molecule has 0 bridgehead atoms. The van der Waals surface area contributed by atoms with Gasteiger partial charge in [0.25, 0.3) is 0 Å². The number of fused-ring (bicyclic) bond motifs is 1. The number of benzene rings is 1. The Morgan fingerprint density at radius 1 is 1.36 bits per heavy atom. The van der Waals surface area contributed by atoms with E-state index in [9.17, 15) is 0 Å². The lowest BCUT2D eigenvalue weighted by Gasteiger charge is -2.25. The molecule has 0 saturated heterocycles. The number of hydrogen-bond acceptors (Lipinski definition) is 2. The number of nitrogens with one attached hydrogen (secondary N) is 1. The molecule has 0 aromatic heterocycles. The van der Waals surface area contributed by atoms with Crippen molar-refractivity contribution in [1.82, 2.24) is 5.32 Å². The van der Waals surface area contributed by atoms with Gasteiger partial charge in [-0.2, -0.15) is 0 Å². The summed E-state index contributed by atoms with van der Waals surface area (Å²) in [4.78, 5) is 2.15. The minimum atomic E-state index is 0.499. The van der Waals surface area contributed by atoms with Crippen LogP contribution in [0.2, 0.25) is 0 Å². The van der Waals surface area contributed by atoms with Crippen LogP contribution in [0.4, 0.5) is 5.69 Å². The Kier molecular flexibility index (Phi) is 2.46. The van der Waals surface area contributed by atoms with Crippen LogP contribution in [0.25, 0.3) is 0 Å². The molecule has 1 unspecified atom stereocenters. The van der Waals surface area contributed by atoms with Gasteiger partial charge >= 0.3 is 0 Å². The molecule has 1 aliphatic heterocycles. The van der Waals surface area contributed by atoms with E-state index >= 15 is 0 Å². The first-order chi connectivity index (χ1) is 6.68. The van der Waals surface area contributed by atoms with Crippen molar-refractivity contribution in [2.75, 3.05) is 25.5 Å². The Bertz CT molecular complexity index is 331. The summed E-state index contributed by atoms with van der Waals surface area (Å²) in [5.74, 6) is 0. The molecule has 1 aromatic carbocycles. The van der Waals surface area contributed by atoms with Crippen LogP contribution < -0.4 is 10.2 Å². The van der Waals surface area contributed by atoms with Crippen molar-refractivity contribution in [2.24, 2.45) is 0 Å². The number of nitrogens with zero attached hydrogens (tertiary/aromatic N) is 1. The van der Waals surface area contributed by atoms with E-state index in [-0.39, 0.29) is 0 Å². The number of anilines is 1. The minimum absolute atomic E-state index is 0.499. The van der Waals surface area contributed by atoms with Crippen molar-refractivity contribution in [3.8, 4) is 0 Å². The monoisotopic (exact) mass is 190 g/mol. The van der Waals surface area contributed by atoms with E-state index in [4.69, 9.17) is 0 Å². The maximum Gasteiger partial charge on any atom is 0.0364 e. The molecule has 0 fully saturated rings. The van der Waals surface area contributed by atoms with Gasteiger partial charge in [-0.25, -0.2) is 0 Å². The second kappa shape index (κ2) is 3.62. The Labute approximate surface area is 85.9 Å². The van der Waals surface area contributed by atoms with E-state index in [1.54, 1.807) is 0 Å². The summed E-state index contributed by atoms with van der Waals surface area (Å²) < 4.78 is 0. The van der Waals surface area contributed by atoms with Crippen molar-refractivity contribution >= 4 is 5.69 Å². The number of rotatable bonds is 1. The largest absolute Gasteiger partial charge is 0.378 e. The van der Waals surface area contributed by atoms with Gasteiger partial charge in [0, 0.05) is 25.8 Å². The zero-order valence-electron chi connectivity index (χ0n) is 9.17. The molecule has 0 spiro atoms. The molecule has 2 nitrogen and oxygen atoms in total. The first-order valence-electron chi connectivity index (χ1n) is 5.22. The molecule has 1 aliphatic rings. The molecule has 1 N–H and O–H groups in total. The highest BCUT2D eigenvalue weighted by atomic mass is 15.1. The summed E-state index contributed by atoms with van der Waals surface area (Å²) in [6.45, 7) is 3.34. The lowest BCUT2D eigenvalue weighted by Crippen LogP contribution is -2.28. The summed E-state index contributed by atoms with van der Waals surface area (Å²) >= 11 is 0. The van der Waals surface area contributed by atoms with Gasteiger partial charge < -0.3 is 10.2 Å². The SMILES string of the molecule is CC1NCCc2ccc(N(C)C)cc21. The molecule has 14 heavy (non-hydrogen) atoms. The van der Waals surface area contributed by atoms with Crippen LogP contribution in [0.1, 0.15) is 24.1 Å². The smallest absolute Gasteiger partial charge is 0.0364 e. The van der Waals surface area contributed by atoms with E-state index in [0.29, 0.717) is 6.04 Å². The predicted octanol–water partition coefficient (Wildman–Crippen LogP) is 1.96. The Morgan fingerprint density at radius 3 is 2.86 bits per heavy atom. The summed E-state index contributed by atoms with van der Waals surface area (Å²) in [5.41, 5.74) is 4.25. The highest BCUT2D eigenvalue weighted by Gasteiger charge is 2.15. The molecule has 1 aromatic rings. The van der Waals surface area contributed by atoms with Gasteiger partial charge in [0.15, 0.2) is 0 Å². The molecule has 1 heterocycles. The van der Waals surface area contributed by atoms with E-state index in [1.165, 1.54) is 16.8 Å². The summed E-state index contributed by atoms with van der Waals surface area (Å²) in [5, 5.41) is 3.49. The van der Waals surface area contributed by atoms with Crippen LogP contribution >= 0.6 is 0 Å². The summed E-state index contributed by atoms with van der Waals surface area (Å²) in [7, 11) is 4.17. The van der Waals surface area contributed by atoms with Crippen LogP contribution in [0.5, 0.6) is 0 Å². The van der Waals surface area contributed by atoms with E-state index in [2.05, 4.69) is 49.4 Å². The molecule has 1 atom stereocenters. The van der Waals surface area contributed by atoms with Crippen LogP contribution in [0, 0.1) is 0 Å². The highest BCUT2D eigenvalue weighted by Crippen LogP contribution is 2.26.